The Morgan fingerprint density at radius 1 is 1.33 bits per heavy atom. The molecule has 2 N–H and O–H groups in total. The van der Waals surface area contributed by atoms with Crippen LogP contribution in [0.5, 0.6) is 0 Å². The zero-order valence-corrected chi connectivity index (χ0v) is 13.5. The summed E-state index contributed by atoms with van der Waals surface area (Å²) in [6.07, 6.45) is 6.94. The van der Waals surface area contributed by atoms with E-state index in [1.807, 2.05) is 7.05 Å². The fourth-order valence-electron chi connectivity index (χ4n) is 2.73. The molecule has 0 radical (unpaired) electrons. The maximum atomic E-state index is 4.59. The molecule has 0 bridgehead atoms. The van der Waals surface area contributed by atoms with E-state index in [0.717, 1.165) is 36.7 Å². The van der Waals surface area contributed by atoms with Crippen LogP contribution in [0.4, 0.5) is 0 Å². The first-order valence-electron chi connectivity index (χ1n) is 8.04. The van der Waals surface area contributed by atoms with Crippen LogP contribution in [0.15, 0.2) is 11.3 Å². The highest BCUT2D eigenvalue weighted by atomic mass is 15.3. The summed E-state index contributed by atoms with van der Waals surface area (Å²) in [4.78, 5) is 8.78. The number of aryl methyl sites for hydroxylation is 1. The van der Waals surface area contributed by atoms with Crippen molar-refractivity contribution in [2.45, 2.75) is 46.1 Å². The molecule has 2 rings (SSSR count). The third kappa shape index (κ3) is 5.02. The van der Waals surface area contributed by atoms with Crippen LogP contribution >= 0.6 is 0 Å². The van der Waals surface area contributed by atoms with Crippen molar-refractivity contribution in [3.63, 3.8) is 0 Å². The lowest BCUT2D eigenvalue weighted by molar-refractivity contribution is 0.289. The second-order valence-corrected chi connectivity index (χ2v) is 6.00. The van der Waals surface area contributed by atoms with E-state index in [9.17, 15) is 0 Å². The minimum absolute atomic E-state index is 0.549. The molecule has 1 saturated carbocycles. The Hall–Kier alpha value is -1.59. The Kier molecular flexibility index (Phi) is 6.02. The van der Waals surface area contributed by atoms with Gasteiger partial charge in [0.15, 0.2) is 5.96 Å². The molecule has 0 unspecified atom stereocenters. The van der Waals surface area contributed by atoms with Gasteiger partial charge < -0.3 is 10.6 Å². The molecule has 1 fully saturated rings. The summed E-state index contributed by atoms with van der Waals surface area (Å²) in [5.74, 6) is 3.43. The largest absolute Gasteiger partial charge is 0.357 e. The summed E-state index contributed by atoms with van der Waals surface area (Å²) in [7, 11) is 1.89. The van der Waals surface area contributed by atoms with Crippen LogP contribution in [0.3, 0.4) is 0 Å². The van der Waals surface area contributed by atoms with E-state index in [1.165, 1.54) is 25.7 Å². The van der Waals surface area contributed by atoms with Gasteiger partial charge in [-0.2, -0.15) is 5.10 Å². The first-order valence-corrected chi connectivity index (χ1v) is 8.04. The Bertz CT molecular complexity index is 445. The van der Waals surface area contributed by atoms with E-state index in [-0.39, 0.29) is 0 Å². The van der Waals surface area contributed by atoms with Gasteiger partial charge >= 0.3 is 0 Å². The highest BCUT2D eigenvalue weighted by Gasteiger charge is 2.18. The summed E-state index contributed by atoms with van der Waals surface area (Å²) in [6.45, 7) is 6.87. The highest BCUT2D eigenvalue weighted by molar-refractivity contribution is 5.79. The van der Waals surface area contributed by atoms with Crippen LogP contribution in [-0.2, 0) is 13.6 Å². The SMILES string of the molecule is CCNC(=NCc1ncnn1C)NCC1CCC(C)CC1. The Morgan fingerprint density at radius 2 is 2.10 bits per heavy atom. The third-order valence-corrected chi connectivity index (χ3v) is 4.22. The number of hydrogen-bond donors (Lipinski definition) is 2. The van der Waals surface area contributed by atoms with Gasteiger partial charge in [0.2, 0.25) is 0 Å². The van der Waals surface area contributed by atoms with Gasteiger partial charge in [-0.05, 0) is 31.6 Å². The second kappa shape index (κ2) is 8.00. The van der Waals surface area contributed by atoms with Crippen molar-refractivity contribution < 1.29 is 0 Å². The molecule has 0 atom stereocenters. The molecule has 1 heterocycles. The predicted octanol–water partition coefficient (Wildman–Crippen LogP) is 1.70. The van der Waals surface area contributed by atoms with Crippen molar-refractivity contribution in [2.75, 3.05) is 13.1 Å². The highest BCUT2D eigenvalue weighted by Crippen LogP contribution is 2.27. The molecule has 21 heavy (non-hydrogen) atoms. The van der Waals surface area contributed by atoms with E-state index in [4.69, 9.17) is 0 Å². The maximum absolute atomic E-state index is 4.59. The third-order valence-electron chi connectivity index (χ3n) is 4.22. The zero-order valence-electron chi connectivity index (χ0n) is 13.5. The molecular formula is C15H28N6. The lowest BCUT2D eigenvalue weighted by Gasteiger charge is -2.26. The van der Waals surface area contributed by atoms with E-state index in [2.05, 4.69) is 39.6 Å². The minimum atomic E-state index is 0.549. The van der Waals surface area contributed by atoms with Crippen molar-refractivity contribution >= 4 is 5.96 Å². The lowest BCUT2D eigenvalue weighted by atomic mass is 9.83. The topological polar surface area (TPSA) is 67.1 Å². The fraction of sp³-hybridized carbons (Fsp3) is 0.800. The van der Waals surface area contributed by atoms with Crippen molar-refractivity contribution in [1.82, 2.24) is 25.4 Å². The standard InChI is InChI=1S/C15H28N6/c1-4-16-15(18-10-14-19-11-20-21(14)3)17-9-13-7-5-12(2)6-8-13/h11-13H,4-10H2,1-3H3,(H2,16,17,18). The van der Waals surface area contributed by atoms with Crippen LogP contribution < -0.4 is 10.6 Å². The van der Waals surface area contributed by atoms with Gasteiger partial charge in [0.1, 0.15) is 18.7 Å². The van der Waals surface area contributed by atoms with Gasteiger partial charge in [-0.3, -0.25) is 4.68 Å². The molecule has 0 saturated heterocycles. The van der Waals surface area contributed by atoms with E-state index in [0.29, 0.717) is 6.54 Å². The Morgan fingerprint density at radius 3 is 2.71 bits per heavy atom. The van der Waals surface area contributed by atoms with Gasteiger partial charge in [0, 0.05) is 20.1 Å². The molecule has 1 aliphatic carbocycles. The van der Waals surface area contributed by atoms with Crippen LogP contribution in [0, 0.1) is 11.8 Å². The number of aromatic nitrogens is 3. The van der Waals surface area contributed by atoms with Crippen LogP contribution in [0.25, 0.3) is 0 Å². The fourth-order valence-corrected chi connectivity index (χ4v) is 2.73. The normalized spacial score (nSPS) is 23.1. The van der Waals surface area contributed by atoms with E-state index >= 15 is 0 Å². The van der Waals surface area contributed by atoms with Crippen LogP contribution in [-0.4, -0.2) is 33.8 Å². The minimum Gasteiger partial charge on any atom is -0.357 e. The van der Waals surface area contributed by atoms with Gasteiger partial charge in [0.05, 0.1) is 0 Å². The maximum Gasteiger partial charge on any atom is 0.191 e. The summed E-state index contributed by atoms with van der Waals surface area (Å²) in [5.41, 5.74) is 0. The molecule has 1 aliphatic rings. The molecule has 1 aromatic rings. The van der Waals surface area contributed by atoms with Gasteiger partial charge in [-0.1, -0.05) is 19.8 Å². The monoisotopic (exact) mass is 292 g/mol. The quantitative estimate of drug-likeness (QED) is 0.640. The van der Waals surface area contributed by atoms with Crippen molar-refractivity contribution in [2.24, 2.45) is 23.9 Å². The first-order chi connectivity index (χ1) is 10.2. The van der Waals surface area contributed by atoms with Crippen LogP contribution in [0.2, 0.25) is 0 Å². The Labute approximate surface area is 127 Å². The van der Waals surface area contributed by atoms with Crippen LogP contribution in [0.1, 0.15) is 45.4 Å². The van der Waals surface area contributed by atoms with E-state index < -0.39 is 0 Å². The first kappa shape index (κ1) is 15.8. The molecule has 6 nitrogen and oxygen atoms in total. The summed E-state index contributed by atoms with van der Waals surface area (Å²) >= 11 is 0. The predicted molar refractivity (Wildman–Crippen MR) is 84.9 cm³/mol. The number of aliphatic imine (C=N–C) groups is 1. The summed E-state index contributed by atoms with van der Waals surface area (Å²) in [5, 5.41) is 10.8. The zero-order chi connectivity index (χ0) is 15.1. The summed E-state index contributed by atoms with van der Waals surface area (Å²) < 4.78 is 1.76. The second-order valence-electron chi connectivity index (χ2n) is 6.00. The lowest BCUT2D eigenvalue weighted by Crippen LogP contribution is -2.40. The number of nitrogens with zero attached hydrogens (tertiary/aromatic N) is 4. The molecule has 0 aliphatic heterocycles. The summed E-state index contributed by atoms with van der Waals surface area (Å²) in [6, 6.07) is 0. The van der Waals surface area contributed by atoms with Gasteiger partial charge in [0.25, 0.3) is 0 Å². The smallest absolute Gasteiger partial charge is 0.191 e. The van der Waals surface area contributed by atoms with E-state index in [1.54, 1.807) is 11.0 Å². The molecular weight excluding hydrogens is 264 g/mol. The molecule has 1 aromatic heterocycles. The Balaban J connectivity index is 1.82. The average Bonchev–Trinajstić information content (AvgIpc) is 2.89. The van der Waals surface area contributed by atoms with Gasteiger partial charge in [-0.25, -0.2) is 9.98 Å². The van der Waals surface area contributed by atoms with Crippen molar-refractivity contribution in [1.29, 1.82) is 0 Å². The molecule has 0 aromatic carbocycles. The molecule has 118 valence electrons. The number of hydrogen-bond acceptors (Lipinski definition) is 3. The van der Waals surface area contributed by atoms with Crippen molar-refractivity contribution in [3.05, 3.63) is 12.2 Å². The average molecular weight is 292 g/mol. The molecule has 6 heteroatoms. The number of nitrogens with one attached hydrogen (secondary N) is 2. The molecule has 0 amide bonds. The number of guanidine groups is 1. The number of rotatable bonds is 5. The van der Waals surface area contributed by atoms with Gasteiger partial charge in [-0.15, -0.1) is 0 Å². The van der Waals surface area contributed by atoms with Crippen molar-refractivity contribution in [3.8, 4) is 0 Å². The molecule has 0 spiro atoms.